The molecule has 0 bridgehead atoms. The van der Waals surface area contributed by atoms with Gasteiger partial charge >= 0.3 is 3.98 Å². The van der Waals surface area contributed by atoms with E-state index in [0.717, 1.165) is 0 Å². The van der Waals surface area contributed by atoms with Gasteiger partial charge in [0.05, 0.1) is 35.8 Å². The van der Waals surface area contributed by atoms with Crippen LogP contribution in [-0.2, 0) is 17.3 Å². The number of hydrogen-bond donors (Lipinski definition) is 0. The summed E-state index contributed by atoms with van der Waals surface area (Å²) < 4.78 is 20.8. The van der Waals surface area contributed by atoms with Crippen LogP contribution in [-0.4, -0.2) is 41.6 Å². The molecule has 0 N–H and O–H groups in total. The summed E-state index contributed by atoms with van der Waals surface area (Å²) in [5, 5.41) is 0. The summed E-state index contributed by atoms with van der Waals surface area (Å²) in [4.78, 5) is 10.8. The molecule has 14 heavy (non-hydrogen) atoms. The smallest absolute Gasteiger partial charge is 0.367 e. The largest absolute Gasteiger partial charge is 0.450 e. The van der Waals surface area contributed by atoms with Gasteiger partial charge in [-0.05, 0) is 0 Å². The number of halogens is 2. The van der Waals surface area contributed by atoms with Crippen LogP contribution in [0.4, 0.5) is 4.79 Å². The van der Waals surface area contributed by atoms with Crippen molar-refractivity contribution in [3.05, 3.63) is 0 Å². The molecule has 7 heteroatoms. The van der Waals surface area contributed by atoms with E-state index in [2.05, 4.69) is 0 Å². The second-order valence-electron chi connectivity index (χ2n) is 3.12. The molecule has 2 aliphatic rings. The Morgan fingerprint density at radius 3 is 2.36 bits per heavy atom. The van der Waals surface area contributed by atoms with E-state index in [1.165, 1.54) is 0 Å². The molecule has 0 spiro atoms. The van der Waals surface area contributed by atoms with Gasteiger partial charge in [-0.2, -0.15) is 0 Å². The topological polar surface area (TPSA) is 54.0 Å². The molecular weight excluding hydrogens is 418 g/mol. The lowest BCUT2D eigenvalue weighted by Gasteiger charge is -2.14. The highest BCUT2D eigenvalue weighted by atomic mass is 127. The molecule has 0 aromatic heterocycles. The van der Waals surface area contributed by atoms with Gasteiger partial charge in [-0.3, -0.25) is 0 Å². The monoisotopic (exact) mass is 426 g/mol. The van der Waals surface area contributed by atoms with E-state index in [9.17, 15) is 4.79 Å². The third-order valence-corrected chi connectivity index (χ3v) is 3.23. The first-order chi connectivity index (χ1) is 6.72. The van der Waals surface area contributed by atoms with Crippen LogP contribution in [0.1, 0.15) is 0 Å². The second kappa shape index (κ2) is 4.76. The fourth-order valence-corrected chi connectivity index (χ4v) is 2.49. The van der Waals surface area contributed by atoms with E-state index in [1.807, 2.05) is 23.0 Å². The maximum absolute atomic E-state index is 10.8. The Morgan fingerprint density at radius 2 is 1.79 bits per heavy atom. The molecule has 80 valence electrons. The van der Waals surface area contributed by atoms with Crippen LogP contribution >= 0.6 is 45.6 Å². The lowest BCUT2D eigenvalue weighted by Crippen LogP contribution is -2.33. The first-order valence-corrected chi connectivity index (χ1v) is 6.05. The van der Waals surface area contributed by atoms with Gasteiger partial charge in [-0.1, -0.05) is 0 Å². The summed E-state index contributed by atoms with van der Waals surface area (Å²) in [5.74, 6) is 0. The molecule has 5 nitrogen and oxygen atoms in total. The maximum Gasteiger partial charge on any atom is 0.367 e. The molecule has 2 fully saturated rings. The van der Waals surface area contributed by atoms with Crippen molar-refractivity contribution in [1.82, 2.24) is 0 Å². The fraction of sp³-hybridized carbons (Fsp3) is 0.857. The highest BCUT2D eigenvalue weighted by molar-refractivity contribution is 14.1. The van der Waals surface area contributed by atoms with Crippen molar-refractivity contribution in [3.8, 4) is 0 Å². The summed E-state index contributed by atoms with van der Waals surface area (Å²) in [6.45, 7) is 0.883. The third kappa shape index (κ3) is 2.15. The van der Waals surface area contributed by atoms with Crippen molar-refractivity contribution in [2.24, 2.45) is 0 Å². The van der Waals surface area contributed by atoms with Gasteiger partial charge in [0.25, 0.3) is 0 Å². The zero-order valence-electron chi connectivity index (χ0n) is 7.02. The van der Waals surface area contributed by atoms with Crippen LogP contribution in [0.25, 0.3) is 0 Å². The van der Waals surface area contributed by atoms with E-state index >= 15 is 0 Å². The maximum atomic E-state index is 10.8. The van der Waals surface area contributed by atoms with Gasteiger partial charge in [-0.15, -0.1) is 0 Å². The van der Waals surface area contributed by atoms with Crippen molar-refractivity contribution < 1.29 is 22.1 Å². The molecule has 2 saturated heterocycles. The molecular formula is C7H8I2O5. The van der Waals surface area contributed by atoms with E-state index in [0.29, 0.717) is 13.2 Å². The van der Waals surface area contributed by atoms with Gasteiger partial charge in [0.2, 0.25) is 0 Å². The standard InChI is InChI=1S/C7H8I2O5/c8-7(10)13-3-1-11-6-4(14-9)2-12-5(3)6/h3-6H,1-2H2. The fourth-order valence-electron chi connectivity index (χ4n) is 1.73. The molecule has 0 radical (unpaired) electrons. The Hall–Kier alpha value is 0.810. The lowest BCUT2D eigenvalue weighted by molar-refractivity contribution is 0.0104. The Labute approximate surface area is 109 Å². The minimum atomic E-state index is -0.334. The van der Waals surface area contributed by atoms with Gasteiger partial charge < -0.3 is 17.3 Å². The Bertz CT molecular complexity index is 236. The average Bonchev–Trinajstić information content (AvgIpc) is 2.67. The Balaban J connectivity index is 1.97. The summed E-state index contributed by atoms with van der Waals surface area (Å²) in [6, 6.07) is 0. The molecule has 4 atom stereocenters. The Morgan fingerprint density at radius 1 is 1.21 bits per heavy atom. The van der Waals surface area contributed by atoms with Crippen LogP contribution in [0.5, 0.6) is 0 Å². The van der Waals surface area contributed by atoms with E-state index in [1.54, 1.807) is 22.6 Å². The van der Waals surface area contributed by atoms with Crippen LogP contribution in [0.15, 0.2) is 0 Å². The first-order valence-electron chi connectivity index (χ1n) is 4.09. The van der Waals surface area contributed by atoms with E-state index < -0.39 is 0 Å². The SMILES string of the molecule is O=C(I)OC1COC2C(OI)COC12. The van der Waals surface area contributed by atoms with Crippen molar-refractivity contribution in [2.45, 2.75) is 24.4 Å². The number of carbonyl (C=O) groups excluding carboxylic acids is 1. The molecule has 4 unspecified atom stereocenters. The molecule has 2 heterocycles. The number of fused-ring (bicyclic) bond motifs is 1. The van der Waals surface area contributed by atoms with Gasteiger partial charge in [0.1, 0.15) is 41.3 Å². The quantitative estimate of drug-likeness (QED) is 0.495. The molecule has 0 aliphatic carbocycles. The first kappa shape index (κ1) is 11.3. The highest BCUT2D eigenvalue weighted by Crippen LogP contribution is 2.31. The summed E-state index contributed by atoms with van der Waals surface area (Å²) in [7, 11) is 0. The number of hydrogen-bond acceptors (Lipinski definition) is 5. The number of carbonyl (C=O) groups is 1. The zero-order valence-corrected chi connectivity index (χ0v) is 11.3. The van der Waals surface area contributed by atoms with E-state index in [-0.39, 0.29) is 28.4 Å². The predicted octanol–water partition coefficient (Wildman–Crippen LogP) is 1.46. The predicted molar refractivity (Wildman–Crippen MR) is 62.7 cm³/mol. The molecule has 0 amide bonds. The third-order valence-electron chi connectivity index (χ3n) is 2.32. The van der Waals surface area contributed by atoms with Crippen LogP contribution in [0.2, 0.25) is 0 Å². The minimum absolute atomic E-state index is 0.0569. The van der Waals surface area contributed by atoms with Gasteiger partial charge in [-0.25, -0.2) is 4.79 Å². The number of ether oxygens (including phenoxy) is 3. The molecule has 2 aliphatic heterocycles. The Kier molecular flexibility index (Phi) is 3.85. The van der Waals surface area contributed by atoms with Gasteiger partial charge in [0, 0.05) is 0 Å². The molecule has 0 aromatic rings. The molecule has 2 rings (SSSR count). The van der Waals surface area contributed by atoms with Gasteiger partial charge in [0.15, 0.2) is 6.10 Å². The van der Waals surface area contributed by atoms with Crippen molar-refractivity contribution >= 4 is 49.6 Å². The van der Waals surface area contributed by atoms with E-state index in [4.69, 9.17) is 17.3 Å². The zero-order chi connectivity index (χ0) is 10.1. The summed E-state index contributed by atoms with van der Waals surface area (Å²) in [5.41, 5.74) is 0. The normalized spacial score (nSPS) is 41.0. The number of rotatable bonds is 2. The summed E-state index contributed by atoms with van der Waals surface area (Å²) >= 11 is 3.42. The van der Waals surface area contributed by atoms with Crippen molar-refractivity contribution in [3.63, 3.8) is 0 Å². The van der Waals surface area contributed by atoms with Crippen LogP contribution < -0.4 is 0 Å². The van der Waals surface area contributed by atoms with Crippen molar-refractivity contribution in [2.75, 3.05) is 13.2 Å². The van der Waals surface area contributed by atoms with Crippen LogP contribution in [0.3, 0.4) is 0 Å². The summed E-state index contributed by atoms with van der Waals surface area (Å²) in [6.07, 6.45) is -0.624. The average molecular weight is 426 g/mol. The van der Waals surface area contributed by atoms with Crippen LogP contribution in [0, 0.1) is 0 Å². The highest BCUT2D eigenvalue weighted by Gasteiger charge is 2.49. The van der Waals surface area contributed by atoms with Crippen molar-refractivity contribution in [1.29, 1.82) is 0 Å². The second-order valence-corrected chi connectivity index (χ2v) is 4.51. The minimum Gasteiger partial charge on any atom is -0.450 e. The molecule has 0 saturated carbocycles. The lowest BCUT2D eigenvalue weighted by atomic mass is 10.1. The molecule has 0 aromatic carbocycles.